The molecule has 2 fully saturated rings. The van der Waals surface area contributed by atoms with Gasteiger partial charge in [0, 0.05) is 6.04 Å². The lowest BCUT2D eigenvalue weighted by atomic mass is 9.91. The molecule has 0 spiro atoms. The third-order valence-electron chi connectivity index (χ3n) is 4.18. The van der Waals surface area contributed by atoms with Crippen LogP contribution >= 0.6 is 0 Å². The molecule has 19 heavy (non-hydrogen) atoms. The van der Waals surface area contributed by atoms with Crippen molar-refractivity contribution in [3.8, 4) is 0 Å². The number of benzene rings is 1. The van der Waals surface area contributed by atoms with E-state index in [9.17, 15) is 4.79 Å². The average molecular weight is 257 g/mol. The maximum atomic E-state index is 12.0. The zero-order chi connectivity index (χ0) is 13.5. The molecule has 0 radical (unpaired) electrons. The fraction of sp³-hybridized carbons (Fsp3) is 0.467. The molecule has 0 bridgehead atoms. The topological polar surface area (TPSA) is 56.2 Å². The van der Waals surface area contributed by atoms with Crippen LogP contribution in [0, 0.1) is 5.41 Å². The predicted molar refractivity (Wildman–Crippen MR) is 74.3 cm³/mol. The second-order valence-corrected chi connectivity index (χ2v) is 5.67. The highest BCUT2D eigenvalue weighted by Gasteiger charge is 2.51. The Bertz CT molecular complexity index is 509. The molecular formula is C15H19N3O. The van der Waals surface area contributed by atoms with E-state index in [1.54, 1.807) is 0 Å². The van der Waals surface area contributed by atoms with E-state index in [1.807, 2.05) is 30.0 Å². The largest absolute Gasteiger partial charge is 0.323 e. The van der Waals surface area contributed by atoms with Crippen molar-refractivity contribution in [3.63, 3.8) is 0 Å². The zero-order valence-electron chi connectivity index (χ0n) is 11.1. The molecule has 1 saturated heterocycles. The Balaban J connectivity index is 1.76. The Labute approximate surface area is 113 Å². The van der Waals surface area contributed by atoms with Crippen molar-refractivity contribution in [3.05, 3.63) is 35.9 Å². The number of carbonyl (C=O) groups excluding carboxylic acids is 1. The van der Waals surface area contributed by atoms with Crippen molar-refractivity contribution < 1.29 is 4.79 Å². The first-order valence-electron chi connectivity index (χ1n) is 6.84. The van der Waals surface area contributed by atoms with Gasteiger partial charge in [0.2, 0.25) is 0 Å². The Morgan fingerprint density at radius 2 is 2.05 bits per heavy atom. The van der Waals surface area contributed by atoms with Crippen LogP contribution in [0.2, 0.25) is 0 Å². The van der Waals surface area contributed by atoms with Gasteiger partial charge in [-0.1, -0.05) is 30.3 Å². The molecule has 1 aliphatic heterocycles. The summed E-state index contributed by atoms with van der Waals surface area (Å²) in [6.45, 7) is 2.01. The highest BCUT2D eigenvalue weighted by Crippen LogP contribution is 2.38. The third kappa shape index (κ3) is 2.11. The van der Waals surface area contributed by atoms with Crippen molar-refractivity contribution in [1.29, 1.82) is 5.41 Å². The van der Waals surface area contributed by atoms with Crippen LogP contribution < -0.4 is 5.32 Å². The first kappa shape index (κ1) is 12.2. The maximum Gasteiger partial charge on any atom is 0.323 e. The molecule has 0 aromatic heterocycles. The van der Waals surface area contributed by atoms with Gasteiger partial charge in [-0.25, -0.2) is 4.79 Å². The summed E-state index contributed by atoms with van der Waals surface area (Å²) in [5, 5.41) is 10.8. The molecular weight excluding hydrogens is 238 g/mol. The number of amides is 2. The standard InChI is InChI=1S/C15H19N3O/c1-15(10-9-11-5-3-2-4-6-11)13(16)17-14(19)18(15)12-7-8-12/h2-6,12H,7-10H2,1H3,(H2,16,17,19). The van der Waals surface area contributed by atoms with Gasteiger partial charge < -0.3 is 4.90 Å². The minimum atomic E-state index is -0.464. The van der Waals surface area contributed by atoms with Gasteiger partial charge in [-0.05, 0) is 38.2 Å². The molecule has 2 N–H and O–H groups in total. The van der Waals surface area contributed by atoms with E-state index in [0.29, 0.717) is 11.9 Å². The number of carbonyl (C=O) groups is 1. The van der Waals surface area contributed by atoms with Crippen molar-refractivity contribution >= 4 is 11.9 Å². The summed E-state index contributed by atoms with van der Waals surface area (Å²) in [4.78, 5) is 13.9. The summed E-state index contributed by atoms with van der Waals surface area (Å²) < 4.78 is 0. The molecule has 1 heterocycles. The smallest absolute Gasteiger partial charge is 0.309 e. The highest BCUT2D eigenvalue weighted by atomic mass is 16.2. The van der Waals surface area contributed by atoms with E-state index in [2.05, 4.69) is 17.4 Å². The number of aryl methyl sites for hydroxylation is 1. The molecule has 2 amide bonds. The first-order valence-corrected chi connectivity index (χ1v) is 6.84. The van der Waals surface area contributed by atoms with Crippen molar-refractivity contribution in [2.45, 2.75) is 44.2 Å². The Hall–Kier alpha value is -1.84. The van der Waals surface area contributed by atoms with Gasteiger partial charge in [-0.3, -0.25) is 10.7 Å². The van der Waals surface area contributed by atoms with E-state index in [1.165, 1.54) is 5.56 Å². The minimum Gasteiger partial charge on any atom is -0.309 e. The fourth-order valence-electron chi connectivity index (χ4n) is 2.83. The molecule has 1 saturated carbocycles. The Morgan fingerprint density at radius 1 is 1.37 bits per heavy atom. The van der Waals surface area contributed by atoms with Crippen molar-refractivity contribution in [1.82, 2.24) is 10.2 Å². The second kappa shape index (κ2) is 4.37. The molecule has 4 heteroatoms. The second-order valence-electron chi connectivity index (χ2n) is 5.67. The molecule has 4 nitrogen and oxygen atoms in total. The minimum absolute atomic E-state index is 0.0944. The Kier molecular flexibility index (Phi) is 2.81. The van der Waals surface area contributed by atoms with Gasteiger partial charge in [0.15, 0.2) is 0 Å². The number of amidine groups is 1. The van der Waals surface area contributed by atoms with Crippen LogP contribution in [0.25, 0.3) is 0 Å². The molecule has 1 aromatic carbocycles. The quantitative estimate of drug-likeness (QED) is 0.855. The number of nitrogens with zero attached hydrogens (tertiary/aromatic N) is 1. The van der Waals surface area contributed by atoms with E-state index < -0.39 is 5.54 Å². The fourth-order valence-corrected chi connectivity index (χ4v) is 2.83. The van der Waals surface area contributed by atoms with Gasteiger partial charge in [0.1, 0.15) is 5.84 Å². The predicted octanol–water partition coefficient (Wildman–Crippen LogP) is 2.54. The van der Waals surface area contributed by atoms with Gasteiger partial charge >= 0.3 is 6.03 Å². The average Bonchev–Trinajstić information content (AvgIpc) is 3.19. The van der Waals surface area contributed by atoms with Gasteiger partial charge in [-0.2, -0.15) is 0 Å². The first-order chi connectivity index (χ1) is 9.11. The van der Waals surface area contributed by atoms with Crippen molar-refractivity contribution in [2.75, 3.05) is 0 Å². The number of urea groups is 1. The van der Waals surface area contributed by atoms with E-state index in [4.69, 9.17) is 5.41 Å². The maximum absolute atomic E-state index is 12.0. The van der Waals surface area contributed by atoms with E-state index in [0.717, 1.165) is 25.7 Å². The lowest BCUT2D eigenvalue weighted by molar-refractivity contribution is 0.170. The van der Waals surface area contributed by atoms with Crippen molar-refractivity contribution in [2.24, 2.45) is 0 Å². The summed E-state index contributed by atoms with van der Waals surface area (Å²) in [6, 6.07) is 10.5. The lowest BCUT2D eigenvalue weighted by Gasteiger charge is -2.33. The summed E-state index contributed by atoms with van der Waals surface area (Å²) in [5.41, 5.74) is 0.792. The molecule has 3 rings (SSSR count). The van der Waals surface area contributed by atoms with Gasteiger partial charge in [-0.15, -0.1) is 0 Å². The summed E-state index contributed by atoms with van der Waals surface area (Å²) >= 11 is 0. The van der Waals surface area contributed by atoms with Crippen LogP contribution in [0.1, 0.15) is 31.7 Å². The van der Waals surface area contributed by atoms with E-state index in [-0.39, 0.29) is 6.03 Å². The van der Waals surface area contributed by atoms with Gasteiger partial charge in [0.05, 0.1) is 5.54 Å². The molecule has 1 aliphatic carbocycles. The van der Waals surface area contributed by atoms with Crippen LogP contribution in [-0.2, 0) is 6.42 Å². The lowest BCUT2D eigenvalue weighted by Crippen LogP contribution is -2.48. The summed E-state index contributed by atoms with van der Waals surface area (Å²) in [5.74, 6) is 0.348. The van der Waals surface area contributed by atoms with Crippen LogP contribution in [0.15, 0.2) is 30.3 Å². The highest BCUT2D eigenvalue weighted by molar-refractivity contribution is 6.08. The normalized spacial score (nSPS) is 26.7. The molecule has 1 aromatic rings. The number of rotatable bonds is 4. The molecule has 100 valence electrons. The summed E-state index contributed by atoms with van der Waals surface area (Å²) in [7, 11) is 0. The third-order valence-corrected chi connectivity index (χ3v) is 4.18. The molecule has 2 aliphatic rings. The molecule has 1 unspecified atom stereocenters. The van der Waals surface area contributed by atoms with Crippen LogP contribution in [0.3, 0.4) is 0 Å². The SMILES string of the molecule is CC1(CCc2ccccc2)C(=N)NC(=O)N1C1CC1. The van der Waals surface area contributed by atoms with Crippen LogP contribution in [0.4, 0.5) is 4.79 Å². The number of hydrogen-bond donors (Lipinski definition) is 2. The zero-order valence-corrected chi connectivity index (χ0v) is 11.1. The van der Waals surface area contributed by atoms with Crippen LogP contribution in [-0.4, -0.2) is 28.3 Å². The summed E-state index contributed by atoms with van der Waals surface area (Å²) in [6.07, 6.45) is 3.83. The molecule has 1 atom stereocenters. The van der Waals surface area contributed by atoms with E-state index >= 15 is 0 Å². The monoisotopic (exact) mass is 257 g/mol. The van der Waals surface area contributed by atoms with Crippen LogP contribution in [0.5, 0.6) is 0 Å². The van der Waals surface area contributed by atoms with Gasteiger partial charge in [0.25, 0.3) is 0 Å². The Morgan fingerprint density at radius 3 is 2.68 bits per heavy atom. The number of nitrogens with one attached hydrogen (secondary N) is 2. The number of hydrogen-bond acceptors (Lipinski definition) is 2.